The predicted molar refractivity (Wildman–Crippen MR) is 57.4 cm³/mol. The zero-order valence-electron chi connectivity index (χ0n) is 8.14. The number of hydrogen-bond acceptors (Lipinski definition) is 4. The van der Waals surface area contributed by atoms with Gasteiger partial charge in [0.05, 0.1) is 12.1 Å². The van der Waals surface area contributed by atoms with Gasteiger partial charge in [-0.05, 0) is 23.6 Å². The maximum Gasteiger partial charge on any atom is 0.305 e. The molecule has 0 saturated carbocycles. The number of alkyl halides is 2. The lowest BCUT2D eigenvalue weighted by molar-refractivity contribution is -0.253. The Morgan fingerprint density at radius 2 is 2.38 bits per heavy atom. The van der Waals surface area contributed by atoms with E-state index >= 15 is 0 Å². The molecule has 0 spiro atoms. The maximum atomic E-state index is 12.3. The van der Waals surface area contributed by atoms with Gasteiger partial charge in [-0.2, -0.15) is 0 Å². The molecule has 2 rings (SSSR count). The van der Waals surface area contributed by atoms with Gasteiger partial charge >= 0.3 is 12.2 Å². The van der Waals surface area contributed by atoms with Gasteiger partial charge in [-0.3, -0.25) is 0 Å². The largest absolute Gasteiger partial charge is 0.353 e. The van der Waals surface area contributed by atoms with Crippen LogP contribution in [0.1, 0.15) is 11.3 Å². The van der Waals surface area contributed by atoms with Gasteiger partial charge in [0.2, 0.25) is 0 Å². The van der Waals surface area contributed by atoms with Gasteiger partial charge in [-0.1, -0.05) is 11.2 Å². The molecule has 1 N–H and O–H groups in total. The van der Waals surface area contributed by atoms with Crippen LogP contribution in [0.15, 0.2) is 28.7 Å². The average Bonchev–Trinajstić information content (AvgIpc) is 2.85. The number of allylic oxidation sites excluding steroid dienone is 1. The average molecular weight is 245 g/mol. The third kappa shape index (κ3) is 2.28. The second kappa shape index (κ2) is 4.31. The maximum absolute atomic E-state index is 12.3. The first kappa shape index (κ1) is 11.2. The fourth-order valence-corrected chi connectivity index (χ4v) is 1.85. The van der Waals surface area contributed by atoms with Crippen molar-refractivity contribution in [2.75, 3.05) is 0 Å². The number of nitrogens with zero attached hydrogens (tertiary/aromatic N) is 1. The van der Waals surface area contributed by atoms with E-state index in [2.05, 4.69) is 9.99 Å². The van der Waals surface area contributed by atoms with E-state index in [0.29, 0.717) is 5.71 Å². The molecule has 1 aromatic rings. The molecule has 1 aliphatic rings. The lowest BCUT2D eigenvalue weighted by atomic mass is 10.1. The Labute approximate surface area is 94.7 Å². The van der Waals surface area contributed by atoms with Crippen LogP contribution in [0.2, 0.25) is 0 Å². The van der Waals surface area contributed by atoms with Crippen molar-refractivity contribution in [2.24, 2.45) is 5.16 Å². The summed E-state index contributed by atoms with van der Waals surface area (Å²) in [6.45, 7) is 0. The lowest BCUT2D eigenvalue weighted by Crippen LogP contribution is -2.36. The molecule has 6 heteroatoms. The van der Waals surface area contributed by atoms with Gasteiger partial charge in [-0.15, -0.1) is 11.3 Å². The van der Waals surface area contributed by atoms with Crippen molar-refractivity contribution < 1.29 is 18.7 Å². The van der Waals surface area contributed by atoms with Crippen LogP contribution in [0.3, 0.4) is 0 Å². The van der Waals surface area contributed by atoms with Crippen LogP contribution < -0.4 is 0 Å². The lowest BCUT2D eigenvalue weighted by Gasteiger charge is -2.17. The predicted octanol–water partition coefficient (Wildman–Crippen LogP) is 2.49. The van der Waals surface area contributed by atoms with Crippen LogP contribution in [0.5, 0.6) is 0 Å². The van der Waals surface area contributed by atoms with Crippen molar-refractivity contribution in [3.05, 3.63) is 28.5 Å². The number of halogens is 2. The van der Waals surface area contributed by atoms with Crippen LogP contribution in [-0.4, -0.2) is 23.0 Å². The zero-order chi connectivity index (χ0) is 11.6. The van der Waals surface area contributed by atoms with Gasteiger partial charge < -0.3 is 9.94 Å². The molecule has 0 bridgehead atoms. The molecule has 2 heterocycles. The molecule has 0 aliphatic carbocycles. The van der Waals surface area contributed by atoms with Crippen LogP contribution in [0.25, 0.3) is 6.08 Å². The van der Waals surface area contributed by atoms with Crippen molar-refractivity contribution in [2.45, 2.75) is 18.6 Å². The standard InChI is InChI=1S/C10H9F2NO2S/c11-9(12)10(14)6-7(13-15-10)3-4-8-2-1-5-16-8/h1-5,9,14H,6H2/b4-3+. The fraction of sp³-hybridized carbons (Fsp3) is 0.300. The zero-order valence-corrected chi connectivity index (χ0v) is 8.95. The quantitative estimate of drug-likeness (QED) is 0.888. The highest BCUT2D eigenvalue weighted by molar-refractivity contribution is 7.10. The van der Waals surface area contributed by atoms with E-state index in [9.17, 15) is 13.9 Å². The SMILES string of the molecule is OC1(C(F)F)CC(/C=C/c2cccs2)=NO1. The Hall–Kier alpha value is -1.27. The highest BCUT2D eigenvalue weighted by Gasteiger charge is 2.45. The van der Waals surface area contributed by atoms with Gasteiger partial charge in [0.25, 0.3) is 0 Å². The summed E-state index contributed by atoms with van der Waals surface area (Å²) in [6, 6.07) is 3.77. The summed E-state index contributed by atoms with van der Waals surface area (Å²) < 4.78 is 24.7. The van der Waals surface area contributed by atoms with E-state index in [1.165, 1.54) is 11.3 Å². The minimum atomic E-state index is -2.97. The monoisotopic (exact) mass is 245 g/mol. The Bertz CT molecular complexity index is 416. The van der Waals surface area contributed by atoms with E-state index in [4.69, 9.17) is 0 Å². The molecule has 1 aromatic heterocycles. The van der Waals surface area contributed by atoms with E-state index in [-0.39, 0.29) is 6.42 Å². The number of rotatable bonds is 3. The topological polar surface area (TPSA) is 41.8 Å². The second-order valence-corrected chi connectivity index (χ2v) is 4.32. The Kier molecular flexibility index (Phi) is 3.02. The summed E-state index contributed by atoms with van der Waals surface area (Å²) in [5.41, 5.74) is 0.302. The number of aliphatic hydroxyl groups is 1. The molecule has 0 saturated heterocycles. The van der Waals surface area contributed by atoms with Crippen LogP contribution in [0, 0.1) is 0 Å². The molecular weight excluding hydrogens is 236 g/mol. The summed E-state index contributed by atoms with van der Waals surface area (Å²) in [4.78, 5) is 5.31. The number of thiophene rings is 1. The van der Waals surface area contributed by atoms with Gasteiger partial charge in [0, 0.05) is 4.88 Å². The van der Waals surface area contributed by atoms with Gasteiger partial charge in [0.15, 0.2) is 0 Å². The summed E-state index contributed by atoms with van der Waals surface area (Å²) in [5, 5.41) is 14.6. The summed E-state index contributed by atoms with van der Waals surface area (Å²) in [7, 11) is 0. The van der Waals surface area contributed by atoms with Crippen molar-refractivity contribution >= 4 is 23.1 Å². The van der Waals surface area contributed by atoms with Gasteiger partial charge in [0.1, 0.15) is 0 Å². The molecule has 16 heavy (non-hydrogen) atoms. The smallest absolute Gasteiger partial charge is 0.305 e. The molecule has 0 amide bonds. The number of hydrogen-bond donors (Lipinski definition) is 1. The third-order valence-corrected chi connectivity index (χ3v) is 2.92. The minimum absolute atomic E-state index is 0.299. The molecule has 0 aromatic carbocycles. The normalized spacial score (nSPS) is 25.1. The van der Waals surface area contributed by atoms with E-state index < -0.39 is 12.2 Å². The fourth-order valence-electron chi connectivity index (χ4n) is 1.23. The van der Waals surface area contributed by atoms with Crippen molar-refractivity contribution in [3.8, 4) is 0 Å². The van der Waals surface area contributed by atoms with Crippen LogP contribution in [-0.2, 0) is 4.84 Å². The Balaban J connectivity index is 1.99. The molecule has 0 fully saturated rings. The van der Waals surface area contributed by atoms with Gasteiger partial charge in [-0.25, -0.2) is 8.78 Å². The summed E-state index contributed by atoms with van der Waals surface area (Å²) in [5.74, 6) is -2.46. The Morgan fingerprint density at radius 1 is 1.56 bits per heavy atom. The first-order valence-corrected chi connectivity index (χ1v) is 5.45. The van der Waals surface area contributed by atoms with E-state index in [0.717, 1.165) is 4.88 Å². The molecule has 0 radical (unpaired) electrons. The Morgan fingerprint density at radius 3 is 2.94 bits per heavy atom. The van der Waals surface area contributed by atoms with Crippen LogP contribution in [0.4, 0.5) is 8.78 Å². The highest BCUT2D eigenvalue weighted by Crippen LogP contribution is 2.28. The van der Waals surface area contributed by atoms with Crippen LogP contribution >= 0.6 is 11.3 Å². The van der Waals surface area contributed by atoms with E-state index in [1.807, 2.05) is 17.5 Å². The van der Waals surface area contributed by atoms with Crippen molar-refractivity contribution in [1.29, 1.82) is 0 Å². The highest BCUT2D eigenvalue weighted by atomic mass is 32.1. The third-order valence-electron chi connectivity index (χ3n) is 2.08. The minimum Gasteiger partial charge on any atom is -0.353 e. The van der Waals surface area contributed by atoms with Crippen molar-refractivity contribution in [1.82, 2.24) is 0 Å². The molecule has 1 unspecified atom stereocenters. The molecular formula is C10H9F2NO2S. The molecule has 1 atom stereocenters. The molecule has 86 valence electrons. The summed E-state index contributed by atoms with van der Waals surface area (Å²) >= 11 is 1.52. The number of oxime groups is 1. The molecule has 3 nitrogen and oxygen atoms in total. The second-order valence-electron chi connectivity index (χ2n) is 3.34. The summed E-state index contributed by atoms with van der Waals surface area (Å²) in [6.07, 6.45) is 0.0342. The van der Waals surface area contributed by atoms with Crippen molar-refractivity contribution in [3.63, 3.8) is 0 Å². The first-order chi connectivity index (χ1) is 7.60. The molecule has 1 aliphatic heterocycles. The first-order valence-electron chi connectivity index (χ1n) is 4.57. The van der Waals surface area contributed by atoms with E-state index in [1.54, 1.807) is 12.2 Å².